The van der Waals surface area contributed by atoms with Gasteiger partial charge in [0.2, 0.25) is 10.0 Å². The Labute approximate surface area is 165 Å². The van der Waals surface area contributed by atoms with Crippen molar-refractivity contribution in [2.45, 2.75) is 44.0 Å². The van der Waals surface area contributed by atoms with Gasteiger partial charge in [-0.3, -0.25) is 4.79 Å². The normalized spacial score (nSPS) is 16.0. The first-order valence-corrected chi connectivity index (χ1v) is 11.8. The Hall–Kier alpha value is -1.70. The minimum atomic E-state index is -3.48. The minimum Gasteiger partial charge on any atom is -0.334 e. The minimum absolute atomic E-state index is 0.0791. The zero-order valence-corrected chi connectivity index (χ0v) is 17.3. The molecule has 0 spiro atoms. The van der Waals surface area contributed by atoms with E-state index in [2.05, 4.69) is 0 Å². The third-order valence-electron chi connectivity index (χ3n) is 4.90. The molecule has 1 aromatic heterocycles. The van der Waals surface area contributed by atoms with Gasteiger partial charge in [0.05, 0.1) is 11.4 Å². The summed E-state index contributed by atoms with van der Waals surface area (Å²) in [6.45, 7) is 4.27. The molecule has 27 heavy (non-hydrogen) atoms. The number of nitrogens with zero attached hydrogens (tertiary/aromatic N) is 2. The summed E-state index contributed by atoms with van der Waals surface area (Å²) in [5, 5.41) is 2.00. The Morgan fingerprint density at radius 2 is 1.74 bits per heavy atom. The monoisotopic (exact) mass is 406 g/mol. The number of carbonyl (C=O) groups excluding carboxylic acids is 1. The molecule has 2 aromatic rings. The molecule has 7 heteroatoms. The zero-order chi connectivity index (χ0) is 19.3. The largest absolute Gasteiger partial charge is 0.334 e. The number of hydrogen-bond donors (Lipinski definition) is 0. The Balaban J connectivity index is 1.74. The lowest BCUT2D eigenvalue weighted by Crippen LogP contribution is -2.32. The van der Waals surface area contributed by atoms with Gasteiger partial charge in [-0.25, -0.2) is 8.42 Å². The van der Waals surface area contributed by atoms with E-state index < -0.39 is 10.0 Å². The first-order chi connectivity index (χ1) is 13.0. The van der Waals surface area contributed by atoms with Crippen molar-refractivity contribution < 1.29 is 13.2 Å². The molecule has 1 aliphatic rings. The molecular weight excluding hydrogens is 380 g/mol. The van der Waals surface area contributed by atoms with Gasteiger partial charge in [0.1, 0.15) is 0 Å². The van der Waals surface area contributed by atoms with Crippen LogP contribution in [0.3, 0.4) is 0 Å². The van der Waals surface area contributed by atoms with Crippen LogP contribution < -0.4 is 0 Å². The van der Waals surface area contributed by atoms with E-state index in [0.717, 1.165) is 30.6 Å². The van der Waals surface area contributed by atoms with Gasteiger partial charge < -0.3 is 4.90 Å². The summed E-state index contributed by atoms with van der Waals surface area (Å²) in [4.78, 5) is 15.9. The summed E-state index contributed by atoms with van der Waals surface area (Å²) in [6, 6.07) is 10.4. The molecule has 5 nitrogen and oxygen atoms in total. The molecule has 146 valence electrons. The zero-order valence-electron chi connectivity index (χ0n) is 15.6. The maximum absolute atomic E-state index is 12.9. The van der Waals surface area contributed by atoms with Crippen molar-refractivity contribution in [3.05, 3.63) is 52.2 Å². The van der Waals surface area contributed by atoms with Crippen LogP contribution in [-0.4, -0.2) is 43.2 Å². The lowest BCUT2D eigenvalue weighted by atomic mass is 10.2. The molecule has 3 rings (SSSR count). The number of thiophene rings is 1. The Morgan fingerprint density at radius 3 is 2.30 bits per heavy atom. The molecule has 2 heterocycles. The second kappa shape index (κ2) is 8.99. The average molecular weight is 407 g/mol. The quantitative estimate of drug-likeness (QED) is 0.729. The van der Waals surface area contributed by atoms with E-state index in [4.69, 9.17) is 0 Å². The van der Waals surface area contributed by atoms with Gasteiger partial charge in [-0.1, -0.05) is 18.9 Å². The van der Waals surface area contributed by atoms with Gasteiger partial charge in [-0.05, 0) is 55.5 Å². The molecule has 0 atom stereocenters. The predicted octanol–water partition coefficient (Wildman–Crippen LogP) is 3.98. The van der Waals surface area contributed by atoms with Gasteiger partial charge in [0.15, 0.2) is 0 Å². The van der Waals surface area contributed by atoms with E-state index >= 15 is 0 Å². The predicted molar refractivity (Wildman–Crippen MR) is 108 cm³/mol. The van der Waals surface area contributed by atoms with Crippen molar-refractivity contribution in [3.63, 3.8) is 0 Å². The number of benzene rings is 1. The molecule has 0 aliphatic carbocycles. The molecule has 0 unspecified atom stereocenters. The van der Waals surface area contributed by atoms with Crippen molar-refractivity contribution >= 4 is 27.3 Å². The fourth-order valence-corrected chi connectivity index (χ4v) is 5.54. The van der Waals surface area contributed by atoms with Crippen molar-refractivity contribution in [1.29, 1.82) is 0 Å². The van der Waals surface area contributed by atoms with E-state index in [1.54, 1.807) is 44.8 Å². The van der Waals surface area contributed by atoms with E-state index in [9.17, 15) is 13.2 Å². The summed E-state index contributed by atoms with van der Waals surface area (Å²) >= 11 is 1.62. The van der Waals surface area contributed by atoms with Crippen LogP contribution in [0.25, 0.3) is 0 Å². The van der Waals surface area contributed by atoms with Crippen LogP contribution in [0.15, 0.2) is 46.7 Å². The van der Waals surface area contributed by atoms with Gasteiger partial charge in [-0.2, -0.15) is 4.31 Å². The molecule has 1 aromatic carbocycles. The highest BCUT2D eigenvalue weighted by atomic mass is 32.2. The van der Waals surface area contributed by atoms with E-state index in [-0.39, 0.29) is 10.8 Å². The topological polar surface area (TPSA) is 57.7 Å². The highest BCUT2D eigenvalue weighted by molar-refractivity contribution is 7.89. The summed E-state index contributed by atoms with van der Waals surface area (Å²) in [6.07, 6.45) is 3.97. The Bertz CT molecular complexity index is 838. The second-order valence-corrected chi connectivity index (χ2v) is 9.71. The average Bonchev–Trinajstić information content (AvgIpc) is 3.04. The smallest absolute Gasteiger partial charge is 0.254 e. The fraction of sp³-hybridized carbons (Fsp3) is 0.450. The highest BCUT2D eigenvalue weighted by Gasteiger charge is 2.25. The third kappa shape index (κ3) is 4.78. The van der Waals surface area contributed by atoms with Crippen LogP contribution >= 0.6 is 11.3 Å². The fourth-order valence-electron chi connectivity index (χ4n) is 3.30. The molecule has 0 radical (unpaired) electrons. The maximum Gasteiger partial charge on any atom is 0.254 e. The van der Waals surface area contributed by atoms with Crippen LogP contribution in [0.5, 0.6) is 0 Å². The van der Waals surface area contributed by atoms with Crippen molar-refractivity contribution in [2.75, 3.05) is 19.6 Å². The van der Waals surface area contributed by atoms with Crippen molar-refractivity contribution in [1.82, 2.24) is 9.21 Å². The van der Waals surface area contributed by atoms with Crippen LogP contribution in [0.1, 0.15) is 47.8 Å². The molecule has 1 amide bonds. The molecule has 0 bridgehead atoms. The standard InChI is InChI=1S/C20H26N2O3S2/c1-2-21(16-18-8-7-15-26-18)20(23)17-9-11-19(12-10-17)27(24,25)22-13-5-3-4-6-14-22/h7-12,15H,2-6,13-14,16H2,1H3. The number of hydrogen-bond acceptors (Lipinski definition) is 4. The Morgan fingerprint density at radius 1 is 1.07 bits per heavy atom. The summed E-state index contributed by atoms with van der Waals surface area (Å²) in [5.41, 5.74) is 0.517. The molecule has 1 aliphatic heterocycles. The number of carbonyl (C=O) groups is 1. The number of rotatable bonds is 6. The second-order valence-electron chi connectivity index (χ2n) is 6.74. The van der Waals surface area contributed by atoms with Gasteiger partial charge in [0.25, 0.3) is 5.91 Å². The molecule has 0 saturated carbocycles. The molecule has 1 fully saturated rings. The number of sulfonamides is 1. The molecular formula is C20H26N2O3S2. The van der Waals surface area contributed by atoms with E-state index in [1.807, 2.05) is 24.4 Å². The van der Waals surface area contributed by atoms with Crippen LogP contribution in [0.4, 0.5) is 0 Å². The summed E-state index contributed by atoms with van der Waals surface area (Å²) < 4.78 is 27.3. The lowest BCUT2D eigenvalue weighted by Gasteiger charge is -2.21. The molecule has 0 N–H and O–H groups in total. The third-order valence-corrected chi connectivity index (χ3v) is 7.67. The van der Waals surface area contributed by atoms with E-state index in [1.165, 1.54) is 0 Å². The van der Waals surface area contributed by atoms with Crippen LogP contribution in [0, 0.1) is 0 Å². The first-order valence-electron chi connectivity index (χ1n) is 9.44. The van der Waals surface area contributed by atoms with Gasteiger partial charge in [-0.15, -0.1) is 11.3 Å². The van der Waals surface area contributed by atoms with Gasteiger partial charge >= 0.3 is 0 Å². The highest BCUT2D eigenvalue weighted by Crippen LogP contribution is 2.21. The lowest BCUT2D eigenvalue weighted by molar-refractivity contribution is 0.0754. The van der Waals surface area contributed by atoms with Gasteiger partial charge in [0, 0.05) is 30.1 Å². The summed E-state index contributed by atoms with van der Waals surface area (Å²) in [7, 11) is -3.48. The van der Waals surface area contributed by atoms with Crippen LogP contribution in [0.2, 0.25) is 0 Å². The SMILES string of the molecule is CCN(Cc1cccs1)C(=O)c1ccc(S(=O)(=O)N2CCCCCC2)cc1. The maximum atomic E-state index is 12.9. The first kappa shape index (κ1) is 20.0. The molecule has 1 saturated heterocycles. The van der Waals surface area contributed by atoms with Crippen molar-refractivity contribution in [3.8, 4) is 0 Å². The van der Waals surface area contributed by atoms with E-state index in [0.29, 0.717) is 31.7 Å². The number of amides is 1. The van der Waals surface area contributed by atoms with Crippen molar-refractivity contribution in [2.24, 2.45) is 0 Å². The van der Waals surface area contributed by atoms with Crippen LogP contribution in [-0.2, 0) is 16.6 Å². The Kier molecular flexibility index (Phi) is 6.68. The summed E-state index contributed by atoms with van der Waals surface area (Å²) in [5.74, 6) is -0.0791.